The van der Waals surface area contributed by atoms with Crippen LogP contribution in [0.5, 0.6) is 0 Å². The fourth-order valence-corrected chi connectivity index (χ4v) is 2.55. The van der Waals surface area contributed by atoms with Crippen molar-refractivity contribution in [1.29, 1.82) is 0 Å². The Labute approximate surface area is 89.0 Å². The molecule has 1 aromatic heterocycles. The van der Waals surface area contributed by atoms with Gasteiger partial charge in [-0.15, -0.1) is 11.3 Å². The summed E-state index contributed by atoms with van der Waals surface area (Å²) in [5, 5.41) is 2.70. The third kappa shape index (κ3) is 1.62. The lowest BCUT2D eigenvalue weighted by Crippen LogP contribution is -2.24. The summed E-state index contributed by atoms with van der Waals surface area (Å²) in [6.45, 7) is 4.43. The van der Waals surface area contributed by atoms with Crippen molar-refractivity contribution in [2.24, 2.45) is 0 Å². The fraction of sp³-hybridized carbons (Fsp3) is 0.333. The minimum Gasteiger partial charge on any atom is -0.364 e. The van der Waals surface area contributed by atoms with Gasteiger partial charge in [0.05, 0.1) is 5.00 Å². The summed E-state index contributed by atoms with van der Waals surface area (Å²) >= 11 is 1.86. The van der Waals surface area contributed by atoms with E-state index >= 15 is 0 Å². The van der Waals surface area contributed by atoms with Crippen LogP contribution in [0.4, 0.5) is 5.00 Å². The van der Waals surface area contributed by atoms with Crippen molar-refractivity contribution in [3.63, 3.8) is 0 Å². The molecule has 0 fully saturated rings. The second kappa shape index (κ2) is 3.62. The van der Waals surface area contributed by atoms with Crippen LogP contribution >= 0.6 is 11.3 Å². The van der Waals surface area contributed by atoms with E-state index in [0.717, 1.165) is 0 Å². The van der Waals surface area contributed by atoms with Gasteiger partial charge in [0.15, 0.2) is 0 Å². The van der Waals surface area contributed by atoms with E-state index in [9.17, 15) is 0 Å². The van der Waals surface area contributed by atoms with E-state index < -0.39 is 0 Å². The zero-order chi connectivity index (χ0) is 10.1. The van der Waals surface area contributed by atoms with Crippen LogP contribution in [0.2, 0.25) is 0 Å². The van der Waals surface area contributed by atoms with Gasteiger partial charge in [0.2, 0.25) is 0 Å². The second-order valence-electron chi connectivity index (χ2n) is 3.83. The first-order valence-electron chi connectivity index (χ1n) is 4.90. The standard InChI is InChI=1S/C12H15NS/c1-9(2)13(3)12-8-10-6-4-5-7-11(10)14-12/h4-9H,1-3H3. The van der Waals surface area contributed by atoms with Crippen LogP contribution in [0.15, 0.2) is 30.3 Å². The number of nitrogens with zero attached hydrogens (tertiary/aromatic N) is 1. The van der Waals surface area contributed by atoms with Gasteiger partial charge in [0.25, 0.3) is 0 Å². The molecule has 0 radical (unpaired) electrons. The predicted octanol–water partition coefficient (Wildman–Crippen LogP) is 3.75. The summed E-state index contributed by atoms with van der Waals surface area (Å²) in [6, 6.07) is 11.4. The van der Waals surface area contributed by atoms with Crippen molar-refractivity contribution in [2.45, 2.75) is 19.9 Å². The van der Waals surface area contributed by atoms with E-state index in [1.54, 1.807) is 0 Å². The summed E-state index contributed by atoms with van der Waals surface area (Å²) in [6.07, 6.45) is 0. The largest absolute Gasteiger partial charge is 0.364 e. The van der Waals surface area contributed by atoms with Crippen molar-refractivity contribution in [3.05, 3.63) is 30.3 Å². The number of rotatable bonds is 2. The maximum absolute atomic E-state index is 2.31. The van der Waals surface area contributed by atoms with Gasteiger partial charge in [-0.3, -0.25) is 0 Å². The third-order valence-corrected chi connectivity index (χ3v) is 3.74. The van der Waals surface area contributed by atoms with Gasteiger partial charge in [-0.25, -0.2) is 0 Å². The van der Waals surface area contributed by atoms with Crippen molar-refractivity contribution >= 4 is 26.4 Å². The number of fused-ring (bicyclic) bond motifs is 1. The molecular weight excluding hydrogens is 190 g/mol. The molecule has 2 heteroatoms. The van der Waals surface area contributed by atoms with Crippen LogP contribution in [-0.4, -0.2) is 13.1 Å². The summed E-state index contributed by atoms with van der Waals surface area (Å²) in [5.41, 5.74) is 0. The first kappa shape index (κ1) is 9.53. The molecule has 1 nitrogen and oxygen atoms in total. The molecule has 0 aliphatic heterocycles. The molecule has 1 aromatic carbocycles. The first-order valence-corrected chi connectivity index (χ1v) is 5.71. The van der Waals surface area contributed by atoms with Crippen LogP contribution in [0.25, 0.3) is 10.1 Å². The first-order chi connectivity index (χ1) is 6.68. The van der Waals surface area contributed by atoms with Gasteiger partial charge in [0, 0.05) is 17.8 Å². The Morgan fingerprint density at radius 3 is 2.57 bits per heavy atom. The van der Waals surface area contributed by atoms with E-state index in [1.807, 2.05) is 11.3 Å². The number of benzene rings is 1. The Bertz CT molecular complexity index is 398. The highest BCUT2D eigenvalue weighted by atomic mass is 32.1. The quantitative estimate of drug-likeness (QED) is 0.721. The molecule has 14 heavy (non-hydrogen) atoms. The average Bonchev–Trinajstić information content (AvgIpc) is 2.59. The molecule has 1 heterocycles. The molecule has 0 atom stereocenters. The number of anilines is 1. The lowest BCUT2D eigenvalue weighted by Gasteiger charge is -2.21. The van der Waals surface area contributed by atoms with Crippen LogP contribution in [0, 0.1) is 0 Å². The molecule has 0 spiro atoms. The van der Waals surface area contributed by atoms with E-state index in [1.165, 1.54) is 15.1 Å². The third-order valence-electron chi connectivity index (χ3n) is 2.53. The van der Waals surface area contributed by atoms with E-state index in [4.69, 9.17) is 0 Å². The predicted molar refractivity (Wildman–Crippen MR) is 65.4 cm³/mol. The maximum Gasteiger partial charge on any atom is 0.0920 e. The molecule has 2 rings (SSSR count). The molecule has 0 N–H and O–H groups in total. The van der Waals surface area contributed by atoms with Crippen LogP contribution < -0.4 is 4.90 Å². The lowest BCUT2D eigenvalue weighted by atomic mass is 10.2. The van der Waals surface area contributed by atoms with Crippen LogP contribution in [0.1, 0.15) is 13.8 Å². The smallest absolute Gasteiger partial charge is 0.0920 e. The van der Waals surface area contributed by atoms with Gasteiger partial charge in [0.1, 0.15) is 0 Å². The van der Waals surface area contributed by atoms with E-state index in [2.05, 4.69) is 56.1 Å². The Hall–Kier alpha value is -1.02. The average molecular weight is 205 g/mol. The fourth-order valence-electron chi connectivity index (χ4n) is 1.40. The van der Waals surface area contributed by atoms with Crippen molar-refractivity contribution in [1.82, 2.24) is 0 Å². The second-order valence-corrected chi connectivity index (χ2v) is 4.89. The van der Waals surface area contributed by atoms with Gasteiger partial charge >= 0.3 is 0 Å². The van der Waals surface area contributed by atoms with E-state index in [0.29, 0.717) is 6.04 Å². The molecule has 0 amide bonds. The molecule has 0 saturated carbocycles. The highest BCUT2D eigenvalue weighted by molar-refractivity contribution is 7.22. The number of thiophene rings is 1. The summed E-state index contributed by atoms with van der Waals surface area (Å²) in [7, 11) is 2.15. The van der Waals surface area contributed by atoms with Crippen LogP contribution in [0.3, 0.4) is 0 Å². The highest BCUT2D eigenvalue weighted by Gasteiger charge is 2.08. The van der Waals surface area contributed by atoms with Gasteiger partial charge in [-0.2, -0.15) is 0 Å². The molecule has 0 aliphatic rings. The zero-order valence-electron chi connectivity index (χ0n) is 8.82. The normalized spacial score (nSPS) is 11.1. The Morgan fingerprint density at radius 2 is 1.93 bits per heavy atom. The minimum atomic E-state index is 0.558. The highest BCUT2D eigenvalue weighted by Crippen LogP contribution is 2.32. The SMILES string of the molecule is CC(C)N(C)c1cc2ccccc2s1. The topological polar surface area (TPSA) is 3.24 Å². The van der Waals surface area contributed by atoms with Crippen LogP contribution in [-0.2, 0) is 0 Å². The summed E-state index contributed by atoms with van der Waals surface area (Å²) in [5.74, 6) is 0. The Balaban J connectivity index is 2.45. The lowest BCUT2D eigenvalue weighted by molar-refractivity contribution is 0.761. The zero-order valence-corrected chi connectivity index (χ0v) is 9.64. The molecule has 2 aromatic rings. The number of hydrogen-bond acceptors (Lipinski definition) is 2. The summed E-state index contributed by atoms with van der Waals surface area (Å²) in [4.78, 5) is 2.31. The molecule has 74 valence electrons. The molecule has 0 aliphatic carbocycles. The van der Waals surface area contributed by atoms with Crippen molar-refractivity contribution < 1.29 is 0 Å². The molecule has 0 saturated heterocycles. The Morgan fingerprint density at radius 1 is 1.21 bits per heavy atom. The van der Waals surface area contributed by atoms with Crippen molar-refractivity contribution in [3.8, 4) is 0 Å². The monoisotopic (exact) mass is 205 g/mol. The van der Waals surface area contributed by atoms with E-state index in [-0.39, 0.29) is 0 Å². The maximum atomic E-state index is 2.31. The van der Waals surface area contributed by atoms with Gasteiger partial charge < -0.3 is 4.90 Å². The molecular formula is C12H15NS. The van der Waals surface area contributed by atoms with Crippen molar-refractivity contribution in [2.75, 3.05) is 11.9 Å². The van der Waals surface area contributed by atoms with Gasteiger partial charge in [-0.1, -0.05) is 18.2 Å². The Kier molecular flexibility index (Phi) is 2.46. The summed E-state index contributed by atoms with van der Waals surface area (Å²) < 4.78 is 1.37. The minimum absolute atomic E-state index is 0.558. The van der Waals surface area contributed by atoms with Gasteiger partial charge in [-0.05, 0) is 31.4 Å². The molecule has 0 bridgehead atoms. The number of hydrogen-bond donors (Lipinski definition) is 0. The molecule has 0 unspecified atom stereocenters.